The van der Waals surface area contributed by atoms with E-state index in [0.717, 1.165) is 3.79 Å². The fourth-order valence-electron chi connectivity index (χ4n) is 1.86. The van der Waals surface area contributed by atoms with E-state index in [4.69, 9.17) is 9.84 Å². The molecule has 0 bridgehead atoms. The van der Waals surface area contributed by atoms with Crippen LogP contribution >= 0.6 is 27.3 Å². The van der Waals surface area contributed by atoms with Crippen LogP contribution in [0.25, 0.3) is 0 Å². The molecule has 2 heterocycles. The Balaban J connectivity index is 2.06. The molecular weight excluding hydrogens is 354 g/mol. The van der Waals surface area contributed by atoms with Crippen molar-refractivity contribution in [3.8, 4) is 0 Å². The average Bonchev–Trinajstić information content (AvgIpc) is 2.86. The number of amides is 1. The molecule has 0 radical (unpaired) electrons. The number of carbonyl (C=O) groups is 1. The van der Waals surface area contributed by atoms with E-state index in [1.807, 2.05) is 0 Å². The van der Waals surface area contributed by atoms with Gasteiger partial charge >= 0.3 is 0 Å². The molecule has 1 amide bonds. The van der Waals surface area contributed by atoms with E-state index in [-0.39, 0.29) is 0 Å². The van der Waals surface area contributed by atoms with Gasteiger partial charge in [0.15, 0.2) is 6.23 Å². The van der Waals surface area contributed by atoms with Crippen LogP contribution in [0, 0.1) is 0 Å². The second-order valence-corrected chi connectivity index (χ2v) is 6.79. The van der Waals surface area contributed by atoms with Crippen molar-refractivity contribution >= 4 is 33.2 Å². The number of hydrogen-bond donors (Lipinski definition) is 5. The number of carbonyl (C=O) groups excluding carboxylic acids is 1. The lowest BCUT2D eigenvalue weighted by atomic mass is 9.98. The highest BCUT2D eigenvalue weighted by molar-refractivity contribution is 9.11. The van der Waals surface area contributed by atoms with E-state index in [1.54, 1.807) is 12.1 Å². The Morgan fingerprint density at radius 2 is 2.00 bits per heavy atom. The van der Waals surface area contributed by atoms with E-state index in [1.165, 1.54) is 11.3 Å². The zero-order valence-corrected chi connectivity index (χ0v) is 12.5. The van der Waals surface area contributed by atoms with Crippen LogP contribution < -0.4 is 5.32 Å². The zero-order chi connectivity index (χ0) is 14.9. The molecule has 1 aliphatic rings. The highest BCUT2D eigenvalue weighted by Crippen LogP contribution is 2.23. The van der Waals surface area contributed by atoms with Crippen LogP contribution in [-0.2, 0) is 4.74 Å². The van der Waals surface area contributed by atoms with Crippen molar-refractivity contribution in [1.29, 1.82) is 0 Å². The number of aliphatic hydroxyl groups excluding tert-OH is 4. The monoisotopic (exact) mass is 367 g/mol. The third-order valence-electron chi connectivity index (χ3n) is 2.96. The highest BCUT2D eigenvalue weighted by atomic mass is 79.9. The van der Waals surface area contributed by atoms with Crippen molar-refractivity contribution < 1.29 is 30.0 Å². The van der Waals surface area contributed by atoms with Crippen LogP contribution in [0.2, 0.25) is 0 Å². The highest BCUT2D eigenvalue weighted by Gasteiger charge is 2.44. The van der Waals surface area contributed by atoms with Crippen LogP contribution in [0.15, 0.2) is 15.9 Å². The first-order chi connectivity index (χ1) is 9.43. The number of halogens is 1. The molecule has 0 aliphatic carbocycles. The first kappa shape index (κ1) is 15.8. The molecule has 0 aromatic carbocycles. The van der Waals surface area contributed by atoms with Gasteiger partial charge in [-0.2, -0.15) is 0 Å². The van der Waals surface area contributed by atoms with Gasteiger partial charge < -0.3 is 30.5 Å². The number of nitrogens with one attached hydrogen (secondary N) is 1. The fourth-order valence-corrected chi connectivity index (χ4v) is 3.15. The zero-order valence-electron chi connectivity index (χ0n) is 10.1. The van der Waals surface area contributed by atoms with Crippen LogP contribution in [-0.4, -0.2) is 63.6 Å². The van der Waals surface area contributed by atoms with Crippen molar-refractivity contribution in [2.45, 2.75) is 30.6 Å². The summed E-state index contributed by atoms with van der Waals surface area (Å²) in [6.45, 7) is -0.540. The molecule has 2 rings (SSSR count). The molecule has 1 aliphatic heterocycles. The molecule has 5 N–H and O–H groups in total. The predicted octanol–water partition coefficient (Wildman–Crippen LogP) is -0.960. The molecule has 1 aromatic heterocycles. The third kappa shape index (κ3) is 3.19. The summed E-state index contributed by atoms with van der Waals surface area (Å²) in [5, 5.41) is 40.5. The molecule has 20 heavy (non-hydrogen) atoms. The van der Waals surface area contributed by atoms with Gasteiger partial charge in [-0.25, -0.2) is 0 Å². The summed E-state index contributed by atoms with van der Waals surface area (Å²) in [5.41, 5.74) is 0. The summed E-state index contributed by atoms with van der Waals surface area (Å²) in [6.07, 6.45) is -6.70. The summed E-state index contributed by atoms with van der Waals surface area (Å²) >= 11 is 4.43. The second kappa shape index (κ2) is 6.48. The topological polar surface area (TPSA) is 119 Å². The van der Waals surface area contributed by atoms with E-state index < -0.39 is 43.2 Å². The molecule has 7 nitrogen and oxygen atoms in total. The van der Waals surface area contributed by atoms with Gasteiger partial charge in [0.1, 0.15) is 24.4 Å². The Morgan fingerprint density at radius 1 is 1.30 bits per heavy atom. The molecule has 0 saturated carbocycles. The normalized spacial score (nSPS) is 34.0. The van der Waals surface area contributed by atoms with Gasteiger partial charge in [-0.3, -0.25) is 4.79 Å². The molecule has 1 unspecified atom stereocenters. The summed E-state index contributed by atoms with van der Waals surface area (Å²) in [5.74, 6) is -0.481. The molecule has 0 spiro atoms. The van der Waals surface area contributed by atoms with Gasteiger partial charge in [-0.15, -0.1) is 11.3 Å². The maximum Gasteiger partial charge on any atom is 0.263 e. The molecule has 1 saturated heterocycles. The Kier molecular flexibility index (Phi) is 5.13. The lowest BCUT2D eigenvalue weighted by Gasteiger charge is -2.40. The Bertz CT molecular complexity index is 481. The van der Waals surface area contributed by atoms with Crippen molar-refractivity contribution in [2.24, 2.45) is 0 Å². The molecule has 5 atom stereocenters. The first-order valence-corrected chi connectivity index (χ1v) is 7.41. The van der Waals surface area contributed by atoms with Crippen LogP contribution in [0.1, 0.15) is 9.67 Å². The van der Waals surface area contributed by atoms with Crippen LogP contribution in [0.5, 0.6) is 0 Å². The minimum Gasteiger partial charge on any atom is -0.394 e. The standard InChI is InChI=1S/C11H14BrNO6S/c12-6-2-1-5(20-6)10(18)13-11-9(17)8(16)7(15)4(3-14)19-11/h1-2,4,7-9,11,14-17H,3H2,(H,13,18)/t4-,7-,8+,9-,11?/m1/s1. The first-order valence-electron chi connectivity index (χ1n) is 5.80. The van der Waals surface area contributed by atoms with E-state index in [9.17, 15) is 20.1 Å². The quantitative estimate of drug-likeness (QED) is 0.469. The Hall–Kier alpha value is -0.550. The number of aliphatic hydroxyl groups is 4. The SMILES string of the molecule is O=C(NC1O[C@H](CO)[C@@H](O)[C@H](O)[C@H]1O)c1ccc(Br)s1. The summed E-state index contributed by atoms with van der Waals surface area (Å²) in [4.78, 5) is 12.3. The van der Waals surface area contributed by atoms with Gasteiger partial charge in [0.25, 0.3) is 5.91 Å². The third-order valence-corrected chi connectivity index (χ3v) is 4.59. The number of hydrogen-bond acceptors (Lipinski definition) is 7. The average molecular weight is 368 g/mol. The summed E-state index contributed by atoms with van der Waals surface area (Å²) in [6, 6.07) is 3.29. The smallest absolute Gasteiger partial charge is 0.263 e. The molecular formula is C11H14BrNO6S. The minimum absolute atomic E-state index is 0.397. The Labute approximate surface area is 126 Å². The summed E-state index contributed by atoms with van der Waals surface area (Å²) in [7, 11) is 0. The molecule has 1 aromatic rings. The lowest BCUT2D eigenvalue weighted by molar-refractivity contribution is -0.233. The largest absolute Gasteiger partial charge is 0.394 e. The second-order valence-electron chi connectivity index (χ2n) is 4.33. The van der Waals surface area contributed by atoms with Gasteiger partial charge in [-0.1, -0.05) is 0 Å². The van der Waals surface area contributed by atoms with Crippen molar-refractivity contribution in [3.63, 3.8) is 0 Å². The van der Waals surface area contributed by atoms with Gasteiger partial charge in [0.05, 0.1) is 15.3 Å². The van der Waals surface area contributed by atoms with E-state index in [2.05, 4.69) is 21.2 Å². The van der Waals surface area contributed by atoms with Crippen molar-refractivity contribution in [2.75, 3.05) is 6.61 Å². The predicted molar refractivity (Wildman–Crippen MR) is 73.3 cm³/mol. The van der Waals surface area contributed by atoms with Gasteiger partial charge in [0.2, 0.25) is 0 Å². The molecule has 9 heteroatoms. The summed E-state index contributed by atoms with van der Waals surface area (Å²) < 4.78 is 5.95. The molecule has 112 valence electrons. The Morgan fingerprint density at radius 3 is 2.55 bits per heavy atom. The van der Waals surface area contributed by atoms with Crippen LogP contribution in [0.4, 0.5) is 0 Å². The number of rotatable bonds is 3. The van der Waals surface area contributed by atoms with Crippen LogP contribution in [0.3, 0.4) is 0 Å². The van der Waals surface area contributed by atoms with Crippen molar-refractivity contribution in [3.05, 3.63) is 20.8 Å². The molecule has 1 fully saturated rings. The number of thiophene rings is 1. The van der Waals surface area contributed by atoms with E-state index in [0.29, 0.717) is 4.88 Å². The van der Waals surface area contributed by atoms with E-state index >= 15 is 0 Å². The van der Waals surface area contributed by atoms with Gasteiger partial charge in [0, 0.05) is 0 Å². The lowest BCUT2D eigenvalue weighted by Crippen LogP contribution is -2.63. The van der Waals surface area contributed by atoms with Crippen molar-refractivity contribution in [1.82, 2.24) is 5.32 Å². The number of ether oxygens (including phenoxy) is 1. The fraction of sp³-hybridized carbons (Fsp3) is 0.545. The van der Waals surface area contributed by atoms with Gasteiger partial charge in [-0.05, 0) is 28.1 Å². The maximum absolute atomic E-state index is 11.9. The maximum atomic E-state index is 11.9. The minimum atomic E-state index is -1.51.